The first-order chi connectivity index (χ1) is 10.2. The summed E-state index contributed by atoms with van der Waals surface area (Å²) in [6.45, 7) is 3.87. The van der Waals surface area contributed by atoms with E-state index in [1.54, 1.807) is 14.0 Å². The van der Waals surface area contributed by atoms with E-state index in [4.69, 9.17) is 9.47 Å². The second-order valence-corrected chi connectivity index (χ2v) is 5.04. The van der Waals surface area contributed by atoms with Gasteiger partial charge in [0, 0.05) is 0 Å². The summed E-state index contributed by atoms with van der Waals surface area (Å²) in [4.78, 5) is 0. The Balaban J connectivity index is 2.26. The molecular weight excluding hydrogens is 264 g/mol. The van der Waals surface area contributed by atoms with Crippen LogP contribution in [0.5, 0.6) is 17.2 Å². The van der Waals surface area contributed by atoms with Crippen molar-refractivity contribution >= 4 is 0 Å². The van der Waals surface area contributed by atoms with Crippen LogP contribution in [-0.4, -0.2) is 12.2 Å². The molecule has 21 heavy (non-hydrogen) atoms. The Hall–Kier alpha value is -2.00. The summed E-state index contributed by atoms with van der Waals surface area (Å²) < 4.78 is 11.2. The Morgan fingerprint density at radius 2 is 1.71 bits per heavy atom. The first-order valence-corrected chi connectivity index (χ1v) is 7.27. The quantitative estimate of drug-likeness (QED) is 0.850. The van der Waals surface area contributed by atoms with Gasteiger partial charge in [-0.15, -0.1) is 0 Å². The van der Waals surface area contributed by atoms with Gasteiger partial charge in [0.05, 0.1) is 18.8 Å². The van der Waals surface area contributed by atoms with Crippen molar-refractivity contribution in [2.45, 2.75) is 32.8 Å². The highest BCUT2D eigenvalue weighted by atomic mass is 16.5. The van der Waals surface area contributed by atoms with E-state index in [-0.39, 0.29) is 0 Å². The summed E-state index contributed by atoms with van der Waals surface area (Å²) in [7, 11) is 1.59. The van der Waals surface area contributed by atoms with Gasteiger partial charge in [-0.1, -0.05) is 31.5 Å². The summed E-state index contributed by atoms with van der Waals surface area (Å²) >= 11 is 0. The van der Waals surface area contributed by atoms with Crippen molar-refractivity contribution in [2.24, 2.45) is 0 Å². The van der Waals surface area contributed by atoms with Gasteiger partial charge in [-0.05, 0) is 43.2 Å². The highest BCUT2D eigenvalue weighted by Crippen LogP contribution is 2.36. The predicted octanol–water partition coefficient (Wildman–Crippen LogP) is 4.49. The van der Waals surface area contributed by atoms with E-state index < -0.39 is 6.10 Å². The molecule has 0 saturated heterocycles. The molecular formula is C18H22O3. The zero-order valence-corrected chi connectivity index (χ0v) is 12.8. The lowest BCUT2D eigenvalue weighted by Crippen LogP contribution is -2.00. The molecule has 0 radical (unpaired) electrons. The topological polar surface area (TPSA) is 38.7 Å². The normalized spacial score (nSPS) is 12.0. The molecule has 0 aliphatic rings. The van der Waals surface area contributed by atoms with Crippen molar-refractivity contribution < 1.29 is 14.6 Å². The number of hydrogen-bond donors (Lipinski definition) is 1. The van der Waals surface area contributed by atoms with Gasteiger partial charge in [0.25, 0.3) is 0 Å². The molecule has 0 aliphatic heterocycles. The van der Waals surface area contributed by atoms with Crippen LogP contribution in [0.2, 0.25) is 0 Å². The van der Waals surface area contributed by atoms with Crippen molar-refractivity contribution in [1.29, 1.82) is 0 Å². The second kappa shape index (κ2) is 7.14. The molecule has 0 bridgehead atoms. The minimum absolute atomic E-state index is 0.618. The Bertz CT molecular complexity index is 574. The monoisotopic (exact) mass is 286 g/mol. The minimum atomic E-state index is -0.657. The molecule has 0 amide bonds. The zero-order chi connectivity index (χ0) is 15.2. The van der Waals surface area contributed by atoms with Crippen molar-refractivity contribution in [1.82, 2.24) is 0 Å². The molecule has 0 aromatic heterocycles. The molecule has 0 heterocycles. The summed E-state index contributed by atoms with van der Waals surface area (Å²) in [6, 6.07) is 13.6. The maximum atomic E-state index is 9.95. The van der Waals surface area contributed by atoms with Crippen molar-refractivity contribution in [3.05, 3.63) is 53.6 Å². The lowest BCUT2D eigenvalue weighted by atomic mass is 10.1. The van der Waals surface area contributed by atoms with Gasteiger partial charge < -0.3 is 14.6 Å². The molecule has 0 spiro atoms. The third-order valence-corrected chi connectivity index (χ3v) is 3.35. The number of hydrogen-bond acceptors (Lipinski definition) is 3. The maximum absolute atomic E-state index is 9.95. The Labute approximate surface area is 126 Å². The number of aliphatic hydroxyl groups excluding tert-OH is 1. The molecule has 1 N–H and O–H groups in total. The van der Waals surface area contributed by atoms with Crippen molar-refractivity contribution in [3.63, 3.8) is 0 Å². The van der Waals surface area contributed by atoms with Gasteiger partial charge in [-0.2, -0.15) is 0 Å². The van der Waals surface area contributed by atoms with E-state index in [2.05, 4.69) is 19.1 Å². The van der Waals surface area contributed by atoms with Gasteiger partial charge in [-0.25, -0.2) is 0 Å². The fraction of sp³-hybridized carbons (Fsp3) is 0.333. The van der Waals surface area contributed by atoms with E-state index >= 15 is 0 Å². The fourth-order valence-electron chi connectivity index (χ4n) is 2.34. The standard InChI is InChI=1S/C18H22O3/c1-4-6-14-9-11-15(12-10-14)21-17-8-5-7-16(20-3)18(17)13(2)19/h5,7-13,19H,4,6H2,1-3H3/t13-/m0/s1. The first-order valence-electron chi connectivity index (χ1n) is 7.27. The highest BCUT2D eigenvalue weighted by molar-refractivity contribution is 5.48. The van der Waals surface area contributed by atoms with Gasteiger partial charge >= 0.3 is 0 Å². The van der Waals surface area contributed by atoms with Crippen molar-refractivity contribution in [3.8, 4) is 17.2 Å². The molecule has 0 aliphatic carbocycles. The van der Waals surface area contributed by atoms with Crippen LogP contribution in [-0.2, 0) is 6.42 Å². The first kappa shape index (κ1) is 15.4. The predicted molar refractivity (Wildman–Crippen MR) is 84.1 cm³/mol. The molecule has 112 valence electrons. The summed E-state index contributed by atoms with van der Waals surface area (Å²) in [5.74, 6) is 2.00. The van der Waals surface area contributed by atoms with Crippen LogP contribution in [0.1, 0.15) is 37.5 Å². The SMILES string of the molecule is CCCc1ccc(Oc2cccc(OC)c2[C@H](C)O)cc1. The number of ether oxygens (including phenoxy) is 2. The van der Waals surface area contributed by atoms with E-state index in [0.29, 0.717) is 17.1 Å². The van der Waals surface area contributed by atoms with Crippen LogP contribution >= 0.6 is 0 Å². The van der Waals surface area contributed by atoms with E-state index in [0.717, 1.165) is 18.6 Å². The van der Waals surface area contributed by atoms with Crippen LogP contribution in [0.25, 0.3) is 0 Å². The van der Waals surface area contributed by atoms with Crippen LogP contribution in [0, 0.1) is 0 Å². The summed E-state index contributed by atoms with van der Waals surface area (Å²) in [5.41, 5.74) is 1.96. The van der Waals surface area contributed by atoms with E-state index in [1.165, 1.54) is 5.56 Å². The Kier molecular flexibility index (Phi) is 5.23. The van der Waals surface area contributed by atoms with Crippen LogP contribution in [0.4, 0.5) is 0 Å². The fourth-order valence-corrected chi connectivity index (χ4v) is 2.34. The summed E-state index contributed by atoms with van der Waals surface area (Å²) in [5, 5.41) is 9.95. The second-order valence-electron chi connectivity index (χ2n) is 5.04. The van der Waals surface area contributed by atoms with Crippen LogP contribution in [0.15, 0.2) is 42.5 Å². The van der Waals surface area contributed by atoms with Gasteiger partial charge in [-0.3, -0.25) is 0 Å². The third kappa shape index (κ3) is 3.76. The maximum Gasteiger partial charge on any atom is 0.136 e. The largest absolute Gasteiger partial charge is 0.496 e. The summed E-state index contributed by atoms with van der Waals surface area (Å²) in [6.07, 6.45) is 1.54. The lowest BCUT2D eigenvalue weighted by Gasteiger charge is -2.16. The van der Waals surface area contributed by atoms with Crippen molar-refractivity contribution in [2.75, 3.05) is 7.11 Å². The number of methoxy groups -OCH3 is 1. The lowest BCUT2D eigenvalue weighted by molar-refractivity contribution is 0.190. The average Bonchev–Trinajstić information content (AvgIpc) is 2.49. The molecule has 3 nitrogen and oxygen atoms in total. The molecule has 2 rings (SSSR count). The van der Waals surface area contributed by atoms with E-state index in [1.807, 2.05) is 30.3 Å². The smallest absolute Gasteiger partial charge is 0.136 e. The average molecular weight is 286 g/mol. The number of aryl methyl sites for hydroxylation is 1. The Morgan fingerprint density at radius 3 is 2.29 bits per heavy atom. The molecule has 2 aromatic rings. The van der Waals surface area contributed by atoms with E-state index in [9.17, 15) is 5.11 Å². The number of aliphatic hydroxyl groups is 1. The third-order valence-electron chi connectivity index (χ3n) is 3.35. The van der Waals surface area contributed by atoms with Gasteiger partial charge in [0.2, 0.25) is 0 Å². The molecule has 0 unspecified atom stereocenters. The Morgan fingerprint density at radius 1 is 1.05 bits per heavy atom. The van der Waals surface area contributed by atoms with Gasteiger partial charge in [0.15, 0.2) is 0 Å². The molecule has 1 atom stereocenters. The van der Waals surface area contributed by atoms with Gasteiger partial charge in [0.1, 0.15) is 17.2 Å². The van der Waals surface area contributed by atoms with Crippen LogP contribution in [0.3, 0.4) is 0 Å². The van der Waals surface area contributed by atoms with Crippen LogP contribution < -0.4 is 9.47 Å². The highest BCUT2D eigenvalue weighted by Gasteiger charge is 2.15. The minimum Gasteiger partial charge on any atom is -0.496 e. The molecule has 0 fully saturated rings. The molecule has 2 aromatic carbocycles. The molecule has 3 heteroatoms. The molecule has 0 saturated carbocycles. The number of rotatable bonds is 6. The number of benzene rings is 2. The zero-order valence-electron chi connectivity index (χ0n) is 12.8.